The summed E-state index contributed by atoms with van der Waals surface area (Å²) in [5, 5.41) is 0. The SMILES string of the molecule is CC(=N[S+]([O-])C(C)(C)C)C1CN(C(c2ccccc2)c2ccccc2)C1. The smallest absolute Gasteiger partial charge is 0.144 e. The standard InChI is InChI=1S/C22H28N2OS/c1-17(23-26(25)22(2,3)4)20-15-24(16-20)21(18-11-7-5-8-12-18)19-13-9-6-10-14-19/h5-14,20-21H,15-16H2,1-4H3. The Morgan fingerprint density at radius 3 is 1.88 bits per heavy atom. The number of rotatable bonds is 5. The highest BCUT2D eigenvalue weighted by molar-refractivity contribution is 7.91. The zero-order valence-corrected chi connectivity index (χ0v) is 16.9. The summed E-state index contributed by atoms with van der Waals surface area (Å²) in [5.74, 6) is 0.385. The number of hydrogen-bond donors (Lipinski definition) is 0. The van der Waals surface area contributed by atoms with Gasteiger partial charge < -0.3 is 4.55 Å². The van der Waals surface area contributed by atoms with E-state index in [2.05, 4.69) is 70.0 Å². The predicted octanol–water partition coefficient (Wildman–Crippen LogP) is 4.63. The maximum Gasteiger partial charge on any atom is 0.144 e. The first-order valence-electron chi connectivity index (χ1n) is 9.17. The highest BCUT2D eigenvalue weighted by Crippen LogP contribution is 2.35. The molecular formula is C22H28N2OS. The molecule has 0 radical (unpaired) electrons. The zero-order valence-electron chi connectivity index (χ0n) is 16.1. The van der Waals surface area contributed by atoms with Crippen LogP contribution in [0.4, 0.5) is 0 Å². The maximum absolute atomic E-state index is 12.3. The lowest BCUT2D eigenvalue weighted by Gasteiger charge is -2.44. The van der Waals surface area contributed by atoms with Gasteiger partial charge in [0.15, 0.2) is 0 Å². The third-order valence-corrected chi connectivity index (χ3v) is 6.35. The largest absolute Gasteiger partial charge is 0.591 e. The quantitative estimate of drug-likeness (QED) is 0.570. The van der Waals surface area contributed by atoms with Crippen LogP contribution in [0.1, 0.15) is 44.9 Å². The fourth-order valence-corrected chi connectivity index (χ4v) is 3.90. The van der Waals surface area contributed by atoms with Crippen LogP contribution < -0.4 is 0 Å². The number of benzene rings is 2. The van der Waals surface area contributed by atoms with Crippen LogP contribution in [0.3, 0.4) is 0 Å². The minimum Gasteiger partial charge on any atom is -0.591 e. The van der Waals surface area contributed by atoms with Gasteiger partial charge in [0.25, 0.3) is 0 Å². The second-order valence-corrected chi connectivity index (χ2v) is 9.87. The normalized spacial score (nSPS) is 18.0. The third-order valence-electron chi connectivity index (χ3n) is 4.85. The van der Waals surface area contributed by atoms with Gasteiger partial charge in [-0.3, -0.25) is 4.90 Å². The molecule has 0 bridgehead atoms. The first kappa shape index (κ1) is 19.2. The molecule has 1 aliphatic rings. The Morgan fingerprint density at radius 1 is 1.00 bits per heavy atom. The van der Waals surface area contributed by atoms with E-state index in [4.69, 9.17) is 0 Å². The molecule has 3 nitrogen and oxygen atoms in total. The van der Waals surface area contributed by atoms with Crippen molar-refractivity contribution in [3.05, 3.63) is 71.8 Å². The molecule has 0 N–H and O–H groups in total. The van der Waals surface area contributed by atoms with Crippen molar-refractivity contribution < 1.29 is 4.55 Å². The molecule has 0 saturated carbocycles. The summed E-state index contributed by atoms with van der Waals surface area (Å²) in [6, 6.07) is 21.6. The van der Waals surface area contributed by atoms with Gasteiger partial charge in [0, 0.05) is 19.0 Å². The number of hydrogen-bond acceptors (Lipinski definition) is 3. The van der Waals surface area contributed by atoms with E-state index in [1.807, 2.05) is 27.7 Å². The van der Waals surface area contributed by atoms with Gasteiger partial charge in [0.2, 0.25) is 0 Å². The molecule has 1 saturated heterocycles. The summed E-state index contributed by atoms with van der Waals surface area (Å²) < 4.78 is 16.5. The highest BCUT2D eigenvalue weighted by atomic mass is 32.2. The molecule has 0 amide bonds. The Bertz CT molecular complexity index is 694. The second kappa shape index (κ2) is 7.95. The molecule has 26 heavy (non-hydrogen) atoms. The van der Waals surface area contributed by atoms with Crippen molar-refractivity contribution in [2.24, 2.45) is 10.3 Å². The molecule has 0 aliphatic carbocycles. The van der Waals surface area contributed by atoms with E-state index in [0.717, 1.165) is 18.8 Å². The molecule has 2 aromatic rings. The van der Waals surface area contributed by atoms with Gasteiger partial charge in [-0.05, 0) is 38.8 Å². The minimum absolute atomic E-state index is 0.259. The van der Waals surface area contributed by atoms with Gasteiger partial charge >= 0.3 is 0 Å². The summed E-state index contributed by atoms with van der Waals surface area (Å²) in [6.45, 7) is 9.82. The van der Waals surface area contributed by atoms with Crippen molar-refractivity contribution in [1.82, 2.24) is 4.90 Å². The van der Waals surface area contributed by atoms with Crippen LogP contribution in [0.2, 0.25) is 0 Å². The second-order valence-electron chi connectivity index (χ2n) is 7.97. The van der Waals surface area contributed by atoms with Crippen molar-refractivity contribution in [1.29, 1.82) is 0 Å². The molecule has 0 aromatic heterocycles. The Labute approximate surface area is 160 Å². The van der Waals surface area contributed by atoms with Gasteiger partial charge in [0.05, 0.1) is 11.8 Å². The molecule has 3 rings (SSSR count). The Morgan fingerprint density at radius 2 is 1.46 bits per heavy atom. The average Bonchev–Trinajstić information content (AvgIpc) is 2.58. The topological polar surface area (TPSA) is 38.7 Å². The van der Waals surface area contributed by atoms with Crippen LogP contribution in [0.25, 0.3) is 0 Å². The van der Waals surface area contributed by atoms with E-state index in [0.29, 0.717) is 5.92 Å². The van der Waals surface area contributed by atoms with E-state index in [9.17, 15) is 4.55 Å². The van der Waals surface area contributed by atoms with Crippen molar-refractivity contribution in [3.63, 3.8) is 0 Å². The molecule has 1 heterocycles. The molecule has 2 aromatic carbocycles. The first-order valence-corrected chi connectivity index (χ1v) is 10.3. The lowest BCUT2D eigenvalue weighted by molar-refractivity contribution is 0.105. The van der Waals surface area contributed by atoms with Crippen LogP contribution in [0, 0.1) is 5.92 Å². The van der Waals surface area contributed by atoms with Crippen LogP contribution in [0.5, 0.6) is 0 Å². The first-order chi connectivity index (χ1) is 12.4. The Balaban J connectivity index is 1.75. The van der Waals surface area contributed by atoms with Crippen molar-refractivity contribution in [2.75, 3.05) is 13.1 Å². The minimum atomic E-state index is -1.18. The Kier molecular flexibility index (Phi) is 5.86. The summed E-state index contributed by atoms with van der Waals surface area (Å²) in [6.07, 6.45) is 0. The summed E-state index contributed by atoms with van der Waals surface area (Å²) >= 11 is -1.18. The molecular weight excluding hydrogens is 340 g/mol. The van der Waals surface area contributed by atoms with Crippen LogP contribution in [0.15, 0.2) is 65.1 Å². The Hall–Kier alpha value is -1.62. The maximum atomic E-state index is 12.3. The lowest BCUT2D eigenvalue weighted by atomic mass is 9.88. The molecule has 1 unspecified atom stereocenters. The van der Waals surface area contributed by atoms with Crippen molar-refractivity contribution >= 4 is 17.1 Å². The average molecular weight is 369 g/mol. The van der Waals surface area contributed by atoms with E-state index < -0.39 is 11.4 Å². The highest BCUT2D eigenvalue weighted by Gasteiger charge is 2.37. The number of likely N-dealkylation sites (tertiary alicyclic amines) is 1. The number of nitrogens with zero attached hydrogens (tertiary/aromatic N) is 2. The zero-order chi connectivity index (χ0) is 18.7. The fraction of sp³-hybridized carbons (Fsp3) is 0.409. The lowest BCUT2D eigenvalue weighted by Crippen LogP contribution is -2.51. The van der Waals surface area contributed by atoms with E-state index in [-0.39, 0.29) is 10.8 Å². The van der Waals surface area contributed by atoms with Gasteiger partial charge in [-0.1, -0.05) is 65.1 Å². The summed E-state index contributed by atoms with van der Waals surface area (Å²) in [7, 11) is 0. The summed E-state index contributed by atoms with van der Waals surface area (Å²) in [5.41, 5.74) is 3.63. The van der Waals surface area contributed by atoms with Gasteiger partial charge in [-0.25, -0.2) is 0 Å². The van der Waals surface area contributed by atoms with Crippen molar-refractivity contribution in [3.8, 4) is 0 Å². The van der Waals surface area contributed by atoms with Gasteiger partial charge in [-0.2, -0.15) is 0 Å². The molecule has 1 aliphatic heterocycles. The van der Waals surface area contributed by atoms with Crippen LogP contribution in [-0.2, 0) is 11.4 Å². The van der Waals surface area contributed by atoms with Crippen molar-refractivity contribution in [2.45, 2.75) is 38.5 Å². The predicted molar refractivity (Wildman–Crippen MR) is 111 cm³/mol. The monoisotopic (exact) mass is 368 g/mol. The summed E-state index contributed by atoms with van der Waals surface area (Å²) in [4.78, 5) is 2.48. The molecule has 4 heteroatoms. The van der Waals surface area contributed by atoms with E-state index in [1.165, 1.54) is 11.1 Å². The molecule has 138 valence electrons. The van der Waals surface area contributed by atoms with E-state index >= 15 is 0 Å². The molecule has 1 fully saturated rings. The third kappa shape index (κ3) is 4.37. The van der Waals surface area contributed by atoms with Gasteiger partial charge in [-0.15, -0.1) is 0 Å². The molecule has 1 atom stereocenters. The van der Waals surface area contributed by atoms with Crippen LogP contribution >= 0.6 is 0 Å². The van der Waals surface area contributed by atoms with Crippen LogP contribution in [-0.4, -0.2) is 33.0 Å². The fourth-order valence-electron chi connectivity index (χ4n) is 3.21. The van der Waals surface area contributed by atoms with E-state index in [1.54, 1.807) is 0 Å². The van der Waals surface area contributed by atoms with Gasteiger partial charge in [0.1, 0.15) is 16.1 Å². The molecule has 0 spiro atoms.